The van der Waals surface area contributed by atoms with E-state index in [0.29, 0.717) is 0 Å². The van der Waals surface area contributed by atoms with Gasteiger partial charge in [-0.3, -0.25) is 0 Å². The van der Waals surface area contributed by atoms with Crippen LogP contribution in [0.3, 0.4) is 0 Å². The van der Waals surface area contributed by atoms with Crippen LogP contribution in [0.4, 0.5) is 0 Å². The molecule has 14 heavy (non-hydrogen) atoms. The van der Waals surface area contributed by atoms with Crippen molar-refractivity contribution in [1.29, 1.82) is 0 Å². The lowest BCUT2D eigenvalue weighted by Gasteiger charge is -2.26. The Morgan fingerprint density at radius 1 is 1.21 bits per heavy atom. The van der Waals surface area contributed by atoms with Crippen LogP contribution < -0.4 is 0 Å². The summed E-state index contributed by atoms with van der Waals surface area (Å²) in [6.45, 7) is 6.76. The van der Waals surface area contributed by atoms with Gasteiger partial charge in [0.25, 0.3) is 0 Å². The molecule has 0 aliphatic heterocycles. The third-order valence-corrected chi connectivity index (χ3v) is 3.21. The molecule has 0 heterocycles. The van der Waals surface area contributed by atoms with Crippen LogP contribution in [0.15, 0.2) is 11.6 Å². The van der Waals surface area contributed by atoms with Gasteiger partial charge in [0.1, 0.15) is 0 Å². The average molecular weight is 215 g/mol. The fourth-order valence-corrected chi connectivity index (χ4v) is 2.59. The first-order valence-electron chi connectivity index (χ1n) is 5.80. The zero-order valence-corrected chi connectivity index (χ0v) is 10.5. The standard InChI is InChI=1S/C13H23Cl/c1-13(2,3)9-12(10-14)11-7-5-4-6-8-11/h9,11H,4-8,10H2,1-3H3. The zero-order chi connectivity index (χ0) is 10.6. The molecule has 1 heteroatoms. The summed E-state index contributed by atoms with van der Waals surface area (Å²) in [5, 5.41) is 0. The monoisotopic (exact) mass is 214 g/mol. The van der Waals surface area contributed by atoms with Gasteiger partial charge in [0.2, 0.25) is 0 Å². The SMILES string of the molecule is CC(C)(C)C=C(CCl)C1CCCCC1. The summed E-state index contributed by atoms with van der Waals surface area (Å²) >= 11 is 6.04. The van der Waals surface area contributed by atoms with Crippen molar-refractivity contribution in [3.63, 3.8) is 0 Å². The van der Waals surface area contributed by atoms with Crippen LogP contribution in [0.1, 0.15) is 52.9 Å². The van der Waals surface area contributed by atoms with Crippen molar-refractivity contribution in [2.75, 3.05) is 5.88 Å². The van der Waals surface area contributed by atoms with Crippen molar-refractivity contribution in [3.05, 3.63) is 11.6 Å². The van der Waals surface area contributed by atoms with Crippen LogP contribution >= 0.6 is 11.6 Å². The molecule has 0 radical (unpaired) electrons. The topological polar surface area (TPSA) is 0 Å². The number of halogens is 1. The molecule has 0 nitrogen and oxygen atoms in total. The van der Waals surface area contributed by atoms with E-state index in [1.54, 1.807) is 0 Å². The van der Waals surface area contributed by atoms with Gasteiger partial charge in [-0.15, -0.1) is 11.6 Å². The second-order valence-electron chi connectivity index (χ2n) is 5.55. The molecular formula is C13H23Cl. The first-order valence-corrected chi connectivity index (χ1v) is 6.34. The van der Waals surface area contributed by atoms with Crippen LogP contribution in [-0.2, 0) is 0 Å². The number of hydrogen-bond donors (Lipinski definition) is 0. The summed E-state index contributed by atoms with van der Waals surface area (Å²) in [7, 11) is 0. The van der Waals surface area contributed by atoms with Gasteiger partial charge in [-0.25, -0.2) is 0 Å². The van der Waals surface area contributed by atoms with Crippen molar-refractivity contribution >= 4 is 11.6 Å². The predicted octanol–water partition coefficient (Wildman–Crippen LogP) is 4.78. The number of alkyl halides is 1. The molecule has 0 aromatic carbocycles. The maximum absolute atomic E-state index is 6.04. The smallest absolute Gasteiger partial charge is 0.0436 e. The van der Waals surface area contributed by atoms with E-state index in [1.807, 2.05) is 0 Å². The number of rotatable bonds is 2. The molecule has 0 aromatic rings. The molecule has 0 spiro atoms. The van der Waals surface area contributed by atoms with Crippen molar-refractivity contribution < 1.29 is 0 Å². The Labute approximate surface area is 93.7 Å². The van der Waals surface area contributed by atoms with Gasteiger partial charge in [0.15, 0.2) is 0 Å². The summed E-state index contributed by atoms with van der Waals surface area (Å²) in [6.07, 6.45) is 9.30. The van der Waals surface area contributed by atoms with E-state index in [4.69, 9.17) is 11.6 Å². The van der Waals surface area contributed by atoms with E-state index in [2.05, 4.69) is 26.8 Å². The van der Waals surface area contributed by atoms with Gasteiger partial charge < -0.3 is 0 Å². The molecule has 1 rings (SSSR count). The van der Waals surface area contributed by atoms with Crippen molar-refractivity contribution in [1.82, 2.24) is 0 Å². The molecule has 0 N–H and O–H groups in total. The Hall–Kier alpha value is 0.0300. The van der Waals surface area contributed by atoms with Gasteiger partial charge in [-0.1, -0.05) is 51.7 Å². The highest BCUT2D eigenvalue weighted by Crippen LogP contribution is 2.32. The summed E-state index contributed by atoms with van der Waals surface area (Å²) in [4.78, 5) is 0. The molecule has 1 fully saturated rings. The molecule has 0 bridgehead atoms. The lowest BCUT2D eigenvalue weighted by atomic mass is 9.81. The highest BCUT2D eigenvalue weighted by molar-refractivity contribution is 6.19. The number of hydrogen-bond acceptors (Lipinski definition) is 0. The Balaban J connectivity index is 2.64. The minimum Gasteiger partial charge on any atom is -0.122 e. The van der Waals surface area contributed by atoms with E-state index >= 15 is 0 Å². The molecule has 1 saturated carbocycles. The van der Waals surface area contributed by atoms with Crippen LogP contribution in [0.5, 0.6) is 0 Å². The second-order valence-corrected chi connectivity index (χ2v) is 5.82. The van der Waals surface area contributed by atoms with Crippen LogP contribution in [-0.4, -0.2) is 5.88 Å². The van der Waals surface area contributed by atoms with Crippen LogP contribution in [0, 0.1) is 11.3 Å². The average Bonchev–Trinajstić information content (AvgIpc) is 2.14. The Bertz CT molecular complexity index is 192. The van der Waals surface area contributed by atoms with E-state index < -0.39 is 0 Å². The fraction of sp³-hybridized carbons (Fsp3) is 0.846. The fourth-order valence-electron chi connectivity index (χ4n) is 2.30. The molecule has 82 valence electrons. The maximum atomic E-state index is 6.04. The summed E-state index contributed by atoms with van der Waals surface area (Å²) < 4.78 is 0. The zero-order valence-electron chi connectivity index (χ0n) is 9.78. The molecule has 0 amide bonds. The Morgan fingerprint density at radius 2 is 1.79 bits per heavy atom. The van der Waals surface area contributed by atoms with Crippen LogP contribution in [0.25, 0.3) is 0 Å². The first-order chi connectivity index (χ1) is 6.53. The molecule has 0 atom stereocenters. The normalized spacial score (nSPS) is 21.3. The summed E-state index contributed by atoms with van der Waals surface area (Å²) in [5.74, 6) is 1.50. The van der Waals surface area contributed by atoms with Crippen molar-refractivity contribution in [2.24, 2.45) is 11.3 Å². The van der Waals surface area contributed by atoms with E-state index in [0.717, 1.165) is 11.8 Å². The van der Waals surface area contributed by atoms with Crippen molar-refractivity contribution in [3.8, 4) is 0 Å². The predicted molar refractivity (Wildman–Crippen MR) is 64.8 cm³/mol. The van der Waals surface area contributed by atoms with Gasteiger partial charge in [-0.2, -0.15) is 0 Å². The summed E-state index contributed by atoms with van der Waals surface area (Å²) in [5.41, 5.74) is 1.76. The first kappa shape index (κ1) is 12.1. The Kier molecular flexibility index (Phi) is 4.50. The molecular weight excluding hydrogens is 192 g/mol. The lowest BCUT2D eigenvalue weighted by Crippen LogP contribution is -2.13. The van der Waals surface area contributed by atoms with Crippen molar-refractivity contribution in [2.45, 2.75) is 52.9 Å². The van der Waals surface area contributed by atoms with Gasteiger partial charge >= 0.3 is 0 Å². The third-order valence-electron chi connectivity index (χ3n) is 2.90. The maximum Gasteiger partial charge on any atom is 0.0436 e. The Morgan fingerprint density at radius 3 is 2.21 bits per heavy atom. The highest BCUT2D eigenvalue weighted by atomic mass is 35.5. The molecule has 0 unspecified atom stereocenters. The van der Waals surface area contributed by atoms with Gasteiger partial charge in [-0.05, 0) is 24.2 Å². The molecule has 1 aliphatic rings. The molecule has 1 aliphatic carbocycles. The second kappa shape index (κ2) is 5.21. The van der Waals surface area contributed by atoms with E-state index in [9.17, 15) is 0 Å². The molecule has 0 saturated heterocycles. The quantitative estimate of drug-likeness (QED) is 0.459. The minimum absolute atomic E-state index is 0.279. The lowest BCUT2D eigenvalue weighted by molar-refractivity contribution is 0.397. The van der Waals surface area contributed by atoms with Gasteiger partial charge in [0.05, 0.1) is 0 Å². The molecule has 0 aromatic heterocycles. The largest absolute Gasteiger partial charge is 0.122 e. The number of allylic oxidation sites excluding steroid dienone is 2. The van der Waals surface area contributed by atoms with E-state index in [-0.39, 0.29) is 5.41 Å². The third kappa shape index (κ3) is 4.04. The summed E-state index contributed by atoms with van der Waals surface area (Å²) in [6, 6.07) is 0. The highest BCUT2D eigenvalue weighted by Gasteiger charge is 2.19. The van der Waals surface area contributed by atoms with Crippen LogP contribution in [0.2, 0.25) is 0 Å². The minimum atomic E-state index is 0.279. The van der Waals surface area contributed by atoms with E-state index in [1.165, 1.54) is 37.7 Å². The van der Waals surface area contributed by atoms with Gasteiger partial charge in [0, 0.05) is 5.88 Å².